The summed E-state index contributed by atoms with van der Waals surface area (Å²) < 4.78 is 1.06. The number of benzene rings is 1. The second-order valence-corrected chi connectivity index (χ2v) is 5.34. The van der Waals surface area contributed by atoms with Gasteiger partial charge < -0.3 is 4.98 Å². The van der Waals surface area contributed by atoms with E-state index in [2.05, 4.69) is 62.9 Å². The lowest BCUT2D eigenvalue weighted by Crippen LogP contribution is -1.82. The second kappa shape index (κ2) is 4.21. The van der Waals surface area contributed by atoms with Gasteiger partial charge in [-0.05, 0) is 49.2 Å². The normalized spacial score (nSPS) is 11.1. The van der Waals surface area contributed by atoms with Crippen molar-refractivity contribution in [2.75, 3.05) is 0 Å². The Hall–Kier alpha value is -1.68. The van der Waals surface area contributed by atoms with Crippen LogP contribution in [-0.4, -0.2) is 15.0 Å². The fourth-order valence-corrected chi connectivity index (χ4v) is 2.65. The van der Waals surface area contributed by atoms with Crippen molar-refractivity contribution >= 4 is 27.1 Å². The molecule has 0 saturated heterocycles. The van der Waals surface area contributed by atoms with Crippen molar-refractivity contribution in [1.29, 1.82) is 0 Å². The van der Waals surface area contributed by atoms with Gasteiger partial charge in [-0.3, -0.25) is 0 Å². The predicted molar refractivity (Wildman–Crippen MR) is 76.5 cm³/mol. The number of aromatic nitrogens is 3. The number of rotatable bonds is 1. The number of pyridine rings is 1. The molecule has 0 fully saturated rings. The number of nitrogens with one attached hydrogen (secondary N) is 1. The maximum Gasteiger partial charge on any atom is 0.178 e. The van der Waals surface area contributed by atoms with Crippen molar-refractivity contribution in [3.8, 4) is 11.4 Å². The zero-order valence-electron chi connectivity index (χ0n) is 10.2. The minimum Gasteiger partial charge on any atom is -0.336 e. The summed E-state index contributed by atoms with van der Waals surface area (Å²) in [5.74, 6) is 0.858. The number of nitrogens with zero attached hydrogens (tertiary/aromatic N) is 2. The third-order valence-electron chi connectivity index (χ3n) is 2.92. The first-order valence-corrected chi connectivity index (χ1v) is 6.52. The fourth-order valence-electron chi connectivity index (χ4n) is 2.05. The first-order valence-electron chi connectivity index (χ1n) is 5.72. The van der Waals surface area contributed by atoms with Gasteiger partial charge in [0.25, 0.3) is 0 Å². The van der Waals surface area contributed by atoms with Crippen LogP contribution in [0, 0.1) is 13.8 Å². The van der Waals surface area contributed by atoms with E-state index in [1.165, 1.54) is 5.56 Å². The van der Waals surface area contributed by atoms with Crippen LogP contribution in [0.25, 0.3) is 22.6 Å². The lowest BCUT2D eigenvalue weighted by molar-refractivity contribution is 1.29. The largest absolute Gasteiger partial charge is 0.336 e. The molecule has 2 heterocycles. The number of imidazole rings is 1. The number of fused-ring (bicyclic) bond motifs is 1. The van der Waals surface area contributed by atoms with Gasteiger partial charge in [-0.2, -0.15) is 0 Å². The van der Waals surface area contributed by atoms with Crippen LogP contribution < -0.4 is 0 Å². The summed E-state index contributed by atoms with van der Waals surface area (Å²) in [6, 6.07) is 8.23. The highest BCUT2D eigenvalue weighted by molar-refractivity contribution is 9.10. The Labute approximate surface area is 113 Å². The molecule has 0 atom stereocenters. The summed E-state index contributed by atoms with van der Waals surface area (Å²) in [5.41, 5.74) is 5.20. The van der Waals surface area contributed by atoms with Crippen molar-refractivity contribution in [1.82, 2.24) is 15.0 Å². The van der Waals surface area contributed by atoms with Crippen molar-refractivity contribution < 1.29 is 0 Å². The average molecular weight is 302 g/mol. The standard InChI is InChI=1S/C14H12BrN3/c1-8-5-10(7-11(15)6-8)13-17-12-9(2)3-4-16-14(12)18-13/h3-7H,1-2H3,(H,16,17,18). The zero-order valence-corrected chi connectivity index (χ0v) is 11.7. The Kier molecular flexibility index (Phi) is 2.67. The van der Waals surface area contributed by atoms with Gasteiger partial charge in [0.1, 0.15) is 5.82 Å². The van der Waals surface area contributed by atoms with E-state index in [1.807, 2.05) is 6.07 Å². The molecule has 0 aliphatic heterocycles. The molecule has 0 spiro atoms. The molecular weight excluding hydrogens is 290 g/mol. The Morgan fingerprint density at radius 2 is 2.00 bits per heavy atom. The van der Waals surface area contributed by atoms with Gasteiger partial charge in [0, 0.05) is 16.2 Å². The summed E-state index contributed by atoms with van der Waals surface area (Å²) in [5, 5.41) is 0. The molecule has 0 radical (unpaired) electrons. The fraction of sp³-hybridized carbons (Fsp3) is 0.143. The predicted octanol–water partition coefficient (Wildman–Crippen LogP) is 4.00. The van der Waals surface area contributed by atoms with Gasteiger partial charge >= 0.3 is 0 Å². The molecule has 0 saturated carbocycles. The Balaban J connectivity index is 2.22. The molecule has 0 bridgehead atoms. The highest BCUT2D eigenvalue weighted by atomic mass is 79.9. The average Bonchev–Trinajstić information content (AvgIpc) is 2.73. The number of aryl methyl sites for hydroxylation is 2. The van der Waals surface area contributed by atoms with Gasteiger partial charge in [-0.25, -0.2) is 9.97 Å². The minimum absolute atomic E-state index is 0.766. The maximum absolute atomic E-state index is 4.54. The molecule has 3 rings (SSSR count). The van der Waals surface area contributed by atoms with Crippen LogP contribution in [-0.2, 0) is 0 Å². The molecule has 0 aliphatic carbocycles. The molecule has 0 unspecified atom stereocenters. The second-order valence-electron chi connectivity index (χ2n) is 4.43. The van der Waals surface area contributed by atoms with E-state index >= 15 is 0 Å². The highest BCUT2D eigenvalue weighted by Crippen LogP contribution is 2.25. The lowest BCUT2D eigenvalue weighted by atomic mass is 10.1. The van der Waals surface area contributed by atoms with Crippen LogP contribution in [0.2, 0.25) is 0 Å². The lowest BCUT2D eigenvalue weighted by Gasteiger charge is -2.00. The van der Waals surface area contributed by atoms with E-state index in [1.54, 1.807) is 6.20 Å². The highest BCUT2D eigenvalue weighted by Gasteiger charge is 2.08. The number of H-pyrrole nitrogens is 1. The first-order chi connectivity index (χ1) is 8.63. The summed E-state index contributed by atoms with van der Waals surface area (Å²) in [7, 11) is 0. The van der Waals surface area contributed by atoms with Crippen LogP contribution in [0.4, 0.5) is 0 Å². The number of halogens is 1. The number of hydrogen-bond acceptors (Lipinski definition) is 2. The Morgan fingerprint density at radius 1 is 1.17 bits per heavy atom. The molecule has 0 aliphatic rings. The van der Waals surface area contributed by atoms with Crippen molar-refractivity contribution in [2.45, 2.75) is 13.8 Å². The summed E-state index contributed by atoms with van der Waals surface area (Å²) >= 11 is 3.51. The van der Waals surface area contributed by atoms with Crippen LogP contribution in [0.3, 0.4) is 0 Å². The van der Waals surface area contributed by atoms with E-state index in [-0.39, 0.29) is 0 Å². The van der Waals surface area contributed by atoms with Crippen LogP contribution in [0.15, 0.2) is 34.9 Å². The SMILES string of the molecule is Cc1cc(Br)cc(-c2nc3nccc(C)c3[nH]2)c1. The maximum atomic E-state index is 4.54. The summed E-state index contributed by atoms with van der Waals surface area (Å²) in [6.07, 6.45) is 1.79. The Bertz CT molecular complexity index is 711. The van der Waals surface area contributed by atoms with E-state index in [9.17, 15) is 0 Å². The minimum atomic E-state index is 0.766. The van der Waals surface area contributed by atoms with Crippen LogP contribution in [0.5, 0.6) is 0 Å². The number of hydrogen-bond donors (Lipinski definition) is 1. The summed E-state index contributed by atoms with van der Waals surface area (Å²) in [4.78, 5) is 12.2. The molecule has 1 N–H and O–H groups in total. The molecule has 90 valence electrons. The van der Waals surface area contributed by atoms with E-state index in [4.69, 9.17) is 0 Å². The molecular formula is C14H12BrN3. The molecule has 18 heavy (non-hydrogen) atoms. The molecule has 1 aromatic carbocycles. The van der Waals surface area contributed by atoms with Gasteiger partial charge in [0.2, 0.25) is 0 Å². The van der Waals surface area contributed by atoms with Gasteiger partial charge in [-0.1, -0.05) is 15.9 Å². The van der Waals surface area contributed by atoms with E-state index in [0.29, 0.717) is 0 Å². The first kappa shape index (κ1) is 11.4. The third kappa shape index (κ3) is 1.93. The van der Waals surface area contributed by atoms with Crippen LogP contribution in [0.1, 0.15) is 11.1 Å². The van der Waals surface area contributed by atoms with E-state index in [0.717, 1.165) is 32.6 Å². The molecule has 0 amide bonds. The van der Waals surface area contributed by atoms with Gasteiger partial charge in [0.15, 0.2) is 5.65 Å². The Morgan fingerprint density at radius 3 is 2.72 bits per heavy atom. The van der Waals surface area contributed by atoms with Gasteiger partial charge in [0.05, 0.1) is 5.52 Å². The monoisotopic (exact) mass is 301 g/mol. The molecule has 3 aromatic rings. The zero-order chi connectivity index (χ0) is 12.7. The smallest absolute Gasteiger partial charge is 0.178 e. The van der Waals surface area contributed by atoms with Crippen molar-refractivity contribution in [2.24, 2.45) is 0 Å². The third-order valence-corrected chi connectivity index (χ3v) is 3.37. The van der Waals surface area contributed by atoms with Crippen molar-refractivity contribution in [3.63, 3.8) is 0 Å². The quantitative estimate of drug-likeness (QED) is 0.738. The van der Waals surface area contributed by atoms with Crippen molar-refractivity contribution in [3.05, 3.63) is 46.1 Å². The van der Waals surface area contributed by atoms with Crippen LogP contribution >= 0.6 is 15.9 Å². The molecule has 3 nitrogen and oxygen atoms in total. The number of aromatic amines is 1. The summed E-state index contributed by atoms with van der Waals surface area (Å²) in [6.45, 7) is 4.12. The molecule has 2 aromatic heterocycles. The topological polar surface area (TPSA) is 41.6 Å². The van der Waals surface area contributed by atoms with E-state index < -0.39 is 0 Å². The molecule has 4 heteroatoms. The van der Waals surface area contributed by atoms with Gasteiger partial charge in [-0.15, -0.1) is 0 Å².